The largest absolute Gasteiger partial charge is 0.345 e. The van der Waals surface area contributed by atoms with Crippen molar-refractivity contribution in [3.05, 3.63) is 68.1 Å². The van der Waals surface area contributed by atoms with Crippen molar-refractivity contribution in [2.75, 3.05) is 13.6 Å². The first-order valence-corrected chi connectivity index (χ1v) is 10.6. The maximum atomic E-state index is 12.7. The lowest BCUT2D eigenvalue weighted by Gasteiger charge is -2.20. The second kappa shape index (κ2) is 9.21. The summed E-state index contributed by atoms with van der Waals surface area (Å²) in [5.74, 6) is 0.00660. The molecule has 1 unspecified atom stereocenters. The van der Waals surface area contributed by atoms with E-state index in [-0.39, 0.29) is 11.9 Å². The van der Waals surface area contributed by atoms with Gasteiger partial charge in [0.15, 0.2) is 0 Å². The van der Waals surface area contributed by atoms with Gasteiger partial charge in [-0.25, -0.2) is 4.98 Å². The lowest BCUT2D eigenvalue weighted by Crippen LogP contribution is -2.37. The van der Waals surface area contributed by atoms with Crippen molar-refractivity contribution in [2.45, 2.75) is 32.9 Å². The van der Waals surface area contributed by atoms with E-state index in [9.17, 15) is 4.79 Å². The number of likely N-dealkylation sites (N-methyl/N-ethyl adjacent to an activating group) is 1. The molecule has 3 rings (SSSR count). The van der Waals surface area contributed by atoms with Crippen LogP contribution in [0.5, 0.6) is 0 Å². The molecule has 0 aliphatic heterocycles. The van der Waals surface area contributed by atoms with Gasteiger partial charge in [-0.3, -0.25) is 14.7 Å². The van der Waals surface area contributed by atoms with Gasteiger partial charge in [-0.1, -0.05) is 6.07 Å². The molecular formula is C20H24N4OS2. The average molecular weight is 401 g/mol. The Bertz CT molecular complexity index is 842. The van der Waals surface area contributed by atoms with Gasteiger partial charge in [-0.2, -0.15) is 11.3 Å². The predicted molar refractivity (Wildman–Crippen MR) is 111 cm³/mol. The van der Waals surface area contributed by atoms with Crippen LogP contribution in [0.4, 0.5) is 0 Å². The van der Waals surface area contributed by atoms with E-state index in [1.165, 1.54) is 10.4 Å². The molecule has 5 nitrogen and oxygen atoms in total. The van der Waals surface area contributed by atoms with Crippen molar-refractivity contribution < 1.29 is 4.79 Å². The number of nitrogens with zero attached hydrogens (tertiary/aromatic N) is 3. The van der Waals surface area contributed by atoms with E-state index < -0.39 is 0 Å². The standard InChI is InChI=1S/C20H24N4OS2/c1-14-15(2)27-20(22-14)18(9-16-6-8-26-13-16)23-19(25)12-24(3)11-17-5-4-7-21-10-17/h4-8,10,13,18H,9,11-12H2,1-3H3,(H,23,25). The third-order valence-electron chi connectivity index (χ3n) is 4.29. The highest BCUT2D eigenvalue weighted by molar-refractivity contribution is 7.11. The van der Waals surface area contributed by atoms with E-state index in [0.717, 1.165) is 22.7 Å². The summed E-state index contributed by atoms with van der Waals surface area (Å²) < 4.78 is 0. The van der Waals surface area contributed by atoms with Gasteiger partial charge in [0.1, 0.15) is 5.01 Å². The molecular weight excluding hydrogens is 376 g/mol. The van der Waals surface area contributed by atoms with E-state index in [1.807, 2.05) is 37.2 Å². The topological polar surface area (TPSA) is 58.1 Å². The molecule has 3 heterocycles. The Labute approximate surface area is 168 Å². The quantitative estimate of drug-likeness (QED) is 0.626. The zero-order valence-corrected chi connectivity index (χ0v) is 17.4. The summed E-state index contributed by atoms with van der Waals surface area (Å²) in [6.07, 6.45) is 4.34. The number of aryl methyl sites for hydroxylation is 2. The first-order valence-electron chi connectivity index (χ1n) is 8.83. The van der Waals surface area contributed by atoms with Crippen LogP contribution >= 0.6 is 22.7 Å². The van der Waals surface area contributed by atoms with Crippen LogP contribution in [0.3, 0.4) is 0 Å². The molecule has 0 bridgehead atoms. The molecule has 27 heavy (non-hydrogen) atoms. The number of carbonyl (C=O) groups excluding carboxylic acids is 1. The molecule has 0 aliphatic rings. The fourth-order valence-corrected chi connectivity index (χ4v) is 4.49. The number of nitrogens with one attached hydrogen (secondary N) is 1. The minimum atomic E-state index is -0.101. The molecule has 0 aliphatic carbocycles. The highest BCUT2D eigenvalue weighted by Gasteiger charge is 2.20. The number of thiazole rings is 1. The number of amides is 1. The number of aromatic nitrogens is 2. The number of hydrogen-bond acceptors (Lipinski definition) is 6. The van der Waals surface area contributed by atoms with Crippen molar-refractivity contribution >= 4 is 28.6 Å². The first kappa shape index (κ1) is 19.7. The van der Waals surface area contributed by atoms with Gasteiger partial charge >= 0.3 is 0 Å². The van der Waals surface area contributed by atoms with Crippen molar-refractivity contribution in [3.63, 3.8) is 0 Å². The summed E-state index contributed by atoms with van der Waals surface area (Å²) in [6.45, 7) is 5.10. The van der Waals surface area contributed by atoms with Crippen LogP contribution < -0.4 is 5.32 Å². The third kappa shape index (κ3) is 5.69. The van der Waals surface area contributed by atoms with Crippen molar-refractivity contribution in [1.82, 2.24) is 20.2 Å². The van der Waals surface area contributed by atoms with Gasteiger partial charge in [-0.05, 0) is 54.9 Å². The predicted octanol–water partition coefficient (Wildman–Crippen LogP) is 3.75. The Morgan fingerprint density at radius 3 is 2.78 bits per heavy atom. The van der Waals surface area contributed by atoms with Crippen LogP contribution in [-0.2, 0) is 17.8 Å². The van der Waals surface area contributed by atoms with E-state index >= 15 is 0 Å². The molecule has 1 N–H and O–H groups in total. The van der Waals surface area contributed by atoms with Gasteiger partial charge in [0.2, 0.25) is 5.91 Å². The zero-order chi connectivity index (χ0) is 19.2. The summed E-state index contributed by atoms with van der Waals surface area (Å²) in [4.78, 5) is 24.6. The highest BCUT2D eigenvalue weighted by atomic mass is 32.1. The van der Waals surface area contributed by atoms with Gasteiger partial charge in [0.05, 0.1) is 18.3 Å². The Balaban J connectivity index is 1.64. The summed E-state index contributed by atoms with van der Waals surface area (Å²) in [7, 11) is 1.94. The summed E-state index contributed by atoms with van der Waals surface area (Å²) in [6, 6.07) is 5.93. The number of rotatable bonds is 8. The molecule has 0 radical (unpaired) electrons. The molecule has 3 aromatic heterocycles. The molecule has 0 spiro atoms. The number of thiophene rings is 1. The SMILES string of the molecule is Cc1nc(C(Cc2ccsc2)NC(=O)CN(C)Cc2cccnc2)sc1C. The van der Waals surface area contributed by atoms with Crippen LogP contribution in [0.15, 0.2) is 41.4 Å². The minimum Gasteiger partial charge on any atom is -0.345 e. The van der Waals surface area contributed by atoms with Crippen LogP contribution in [-0.4, -0.2) is 34.4 Å². The Morgan fingerprint density at radius 1 is 1.30 bits per heavy atom. The Hall–Kier alpha value is -2.09. The maximum absolute atomic E-state index is 12.7. The Morgan fingerprint density at radius 2 is 2.15 bits per heavy atom. The lowest BCUT2D eigenvalue weighted by molar-refractivity contribution is -0.122. The van der Waals surface area contributed by atoms with Crippen LogP contribution in [0.25, 0.3) is 0 Å². The fourth-order valence-electron chi connectivity index (χ4n) is 2.84. The normalized spacial score (nSPS) is 12.3. The summed E-state index contributed by atoms with van der Waals surface area (Å²) in [5, 5.41) is 8.35. The molecule has 0 saturated carbocycles. The Kier molecular flexibility index (Phi) is 6.71. The average Bonchev–Trinajstić information content (AvgIpc) is 3.25. The van der Waals surface area contributed by atoms with E-state index in [1.54, 1.807) is 28.9 Å². The third-order valence-corrected chi connectivity index (χ3v) is 6.21. The molecule has 0 aromatic carbocycles. The number of hydrogen-bond donors (Lipinski definition) is 1. The van der Waals surface area contributed by atoms with E-state index in [0.29, 0.717) is 13.1 Å². The smallest absolute Gasteiger partial charge is 0.234 e. The van der Waals surface area contributed by atoms with Crippen LogP contribution in [0.1, 0.15) is 32.7 Å². The first-order chi connectivity index (χ1) is 13.0. The molecule has 1 amide bonds. The van der Waals surface area contributed by atoms with Crippen molar-refractivity contribution in [2.24, 2.45) is 0 Å². The van der Waals surface area contributed by atoms with Crippen LogP contribution in [0, 0.1) is 13.8 Å². The van der Waals surface area contributed by atoms with Gasteiger partial charge in [0, 0.05) is 30.2 Å². The van der Waals surface area contributed by atoms with Gasteiger partial charge in [-0.15, -0.1) is 11.3 Å². The molecule has 3 aromatic rings. The fraction of sp³-hybridized carbons (Fsp3) is 0.350. The molecule has 0 fully saturated rings. The van der Waals surface area contributed by atoms with Gasteiger partial charge < -0.3 is 5.32 Å². The maximum Gasteiger partial charge on any atom is 0.234 e. The minimum absolute atomic E-state index is 0.00660. The zero-order valence-electron chi connectivity index (χ0n) is 15.8. The number of pyridine rings is 1. The van der Waals surface area contributed by atoms with Crippen LogP contribution in [0.2, 0.25) is 0 Å². The highest BCUT2D eigenvalue weighted by Crippen LogP contribution is 2.26. The molecule has 0 saturated heterocycles. The van der Waals surface area contributed by atoms with Gasteiger partial charge in [0.25, 0.3) is 0 Å². The summed E-state index contributed by atoms with van der Waals surface area (Å²) in [5.41, 5.74) is 3.35. The molecule has 7 heteroatoms. The number of carbonyl (C=O) groups is 1. The monoisotopic (exact) mass is 400 g/mol. The van der Waals surface area contributed by atoms with Crippen molar-refractivity contribution in [1.29, 1.82) is 0 Å². The van der Waals surface area contributed by atoms with Crippen molar-refractivity contribution in [3.8, 4) is 0 Å². The molecule has 1 atom stereocenters. The second-order valence-corrected chi connectivity index (χ2v) is 8.70. The van der Waals surface area contributed by atoms with E-state index in [4.69, 9.17) is 0 Å². The molecule has 142 valence electrons. The second-order valence-electron chi connectivity index (χ2n) is 6.68. The lowest BCUT2D eigenvalue weighted by atomic mass is 10.1. The summed E-state index contributed by atoms with van der Waals surface area (Å²) >= 11 is 3.34. The van der Waals surface area contributed by atoms with E-state index in [2.05, 4.69) is 39.0 Å².